The molecule has 1 aromatic heterocycles. The van der Waals surface area contributed by atoms with Gasteiger partial charge in [0.25, 0.3) is 11.5 Å². The average Bonchev–Trinajstić information content (AvgIpc) is 2.57. The van der Waals surface area contributed by atoms with Crippen molar-refractivity contribution < 1.29 is 4.79 Å². The molecule has 0 saturated carbocycles. The Morgan fingerprint density at radius 1 is 1.16 bits per heavy atom. The van der Waals surface area contributed by atoms with Crippen LogP contribution in [0.1, 0.15) is 29.0 Å². The van der Waals surface area contributed by atoms with E-state index in [4.69, 9.17) is 23.2 Å². The third kappa shape index (κ3) is 3.38. The predicted octanol–water partition coefficient (Wildman–Crippen LogP) is 3.73. The van der Waals surface area contributed by atoms with Crippen LogP contribution in [0.3, 0.4) is 0 Å². The van der Waals surface area contributed by atoms with Crippen LogP contribution >= 0.6 is 23.2 Å². The zero-order chi connectivity index (χ0) is 18.1. The van der Waals surface area contributed by atoms with Crippen molar-refractivity contribution >= 4 is 39.9 Å². The Balaban J connectivity index is 1.98. The molecule has 2 aromatic carbocycles. The van der Waals surface area contributed by atoms with E-state index in [1.54, 1.807) is 42.5 Å². The summed E-state index contributed by atoms with van der Waals surface area (Å²) in [5, 5.41) is 8.94. The molecule has 128 valence electrons. The van der Waals surface area contributed by atoms with Crippen molar-refractivity contribution in [3.63, 3.8) is 0 Å². The summed E-state index contributed by atoms with van der Waals surface area (Å²) in [5.41, 5.74) is 0.684. The topological polar surface area (TPSA) is 64.0 Å². The van der Waals surface area contributed by atoms with Gasteiger partial charge in [-0.15, -0.1) is 0 Å². The Bertz CT molecular complexity index is 1030. The molecule has 3 rings (SSSR count). The van der Waals surface area contributed by atoms with Crippen LogP contribution in [0.15, 0.2) is 47.3 Å². The number of amides is 1. The van der Waals surface area contributed by atoms with Gasteiger partial charge in [0.15, 0.2) is 5.69 Å². The maximum Gasteiger partial charge on any atom is 0.274 e. The molecule has 1 atom stereocenters. The minimum Gasteiger partial charge on any atom is -0.344 e. The van der Waals surface area contributed by atoms with Crippen molar-refractivity contribution in [2.75, 3.05) is 0 Å². The third-order valence-electron chi connectivity index (χ3n) is 3.95. The number of carbonyl (C=O) groups excluding carboxylic acids is 1. The van der Waals surface area contributed by atoms with Gasteiger partial charge in [-0.25, -0.2) is 4.68 Å². The number of carbonyl (C=O) groups is 1. The van der Waals surface area contributed by atoms with Crippen molar-refractivity contribution in [3.8, 4) is 0 Å². The largest absolute Gasteiger partial charge is 0.344 e. The van der Waals surface area contributed by atoms with Crippen molar-refractivity contribution in [1.29, 1.82) is 0 Å². The van der Waals surface area contributed by atoms with Gasteiger partial charge in [-0.1, -0.05) is 47.5 Å². The standard InChI is InChI=1S/C18H15Cl2N3O2/c1-10(12-8-7-11(19)9-15(12)20)21-17(24)16-13-5-3-4-6-14(13)18(25)23(2)22-16/h3-10H,1-2H3,(H,21,24)/t10-/m1/s1. The Kier molecular flexibility index (Phi) is 4.79. The van der Waals surface area contributed by atoms with Crippen molar-refractivity contribution in [3.05, 3.63) is 74.1 Å². The van der Waals surface area contributed by atoms with E-state index in [1.165, 1.54) is 7.05 Å². The van der Waals surface area contributed by atoms with Gasteiger partial charge in [0.05, 0.1) is 11.4 Å². The number of rotatable bonds is 3. The molecule has 0 spiro atoms. The van der Waals surface area contributed by atoms with Gasteiger partial charge in [-0.05, 0) is 30.7 Å². The minimum atomic E-state index is -0.384. The van der Waals surface area contributed by atoms with Crippen molar-refractivity contribution in [2.24, 2.45) is 7.05 Å². The van der Waals surface area contributed by atoms with E-state index in [0.29, 0.717) is 20.8 Å². The number of fused-ring (bicyclic) bond motifs is 1. The van der Waals surface area contributed by atoms with E-state index in [-0.39, 0.29) is 23.2 Å². The molecule has 0 saturated heterocycles. The SMILES string of the molecule is C[C@@H](NC(=O)c1nn(C)c(=O)c2ccccc12)c1ccc(Cl)cc1Cl. The molecule has 25 heavy (non-hydrogen) atoms. The summed E-state index contributed by atoms with van der Waals surface area (Å²) in [5.74, 6) is -0.384. The van der Waals surface area contributed by atoms with Gasteiger partial charge in [-0.3, -0.25) is 9.59 Å². The fourth-order valence-electron chi connectivity index (χ4n) is 2.66. The second-order valence-electron chi connectivity index (χ2n) is 5.68. The highest BCUT2D eigenvalue weighted by Crippen LogP contribution is 2.26. The van der Waals surface area contributed by atoms with Crippen LogP contribution in [0.25, 0.3) is 10.8 Å². The molecule has 1 N–H and O–H groups in total. The lowest BCUT2D eigenvalue weighted by Crippen LogP contribution is -2.31. The summed E-state index contributed by atoms with van der Waals surface area (Å²) >= 11 is 12.1. The van der Waals surface area contributed by atoms with E-state index in [0.717, 1.165) is 10.2 Å². The molecule has 0 aliphatic carbocycles. The number of halogens is 2. The zero-order valence-corrected chi connectivity index (χ0v) is 15.1. The molecule has 7 heteroatoms. The molecule has 0 aliphatic heterocycles. The molecular formula is C18H15Cl2N3O2. The van der Waals surface area contributed by atoms with Gasteiger partial charge < -0.3 is 5.32 Å². The number of nitrogens with zero attached hydrogens (tertiary/aromatic N) is 2. The lowest BCUT2D eigenvalue weighted by molar-refractivity contribution is 0.0934. The van der Waals surface area contributed by atoms with E-state index in [1.807, 2.05) is 6.92 Å². The first-order valence-corrected chi connectivity index (χ1v) is 8.36. The van der Waals surface area contributed by atoms with Gasteiger partial charge in [0.2, 0.25) is 0 Å². The first-order valence-electron chi connectivity index (χ1n) is 7.60. The average molecular weight is 376 g/mol. The quantitative estimate of drug-likeness (QED) is 0.758. The van der Waals surface area contributed by atoms with E-state index >= 15 is 0 Å². The first kappa shape index (κ1) is 17.5. The fraction of sp³-hybridized carbons (Fsp3) is 0.167. The predicted molar refractivity (Wildman–Crippen MR) is 99.3 cm³/mol. The molecule has 0 fully saturated rings. The molecule has 5 nitrogen and oxygen atoms in total. The molecule has 0 bridgehead atoms. The van der Waals surface area contributed by atoms with Crippen LogP contribution < -0.4 is 10.9 Å². The summed E-state index contributed by atoms with van der Waals surface area (Å²) in [6.07, 6.45) is 0. The maximum atomic E-state index is 12.7. The molecule has 1 amide bonds. The molecular weight excluding hydrogens is 361 g/mol. The summed E-state index contributed by atoms with van der Waals surface area (Å²) in [6, 6.07) is 11.7. The smallest absolute Gasteiger partial charge is 0.274 e. The highest BCUT2D eigenvalue weighted by atomic mass is 35.5. The highest BCUT2D eigenvalue weighted by Gasteiger charge is 2.19. The second-order valence-corrected chi connectivity index (χ2v) is 6.53. The molecule has 0 aliphatic rings. The summed E-state index contributed by atoms with van der Waals surface area (Å²) in [6.45, 7) is 1.82. The Hall–Kier alpha value is -2.37. The van der Waals surface area contributed by atoms with Gasteiger partial charge in [0.1, 0.15) is 0 Å². The fourth-order valence-corrected chi connectivity index (χ4v) is 3.24. The van der Waals surface area contributed by atoms with E-state index in [2.05, 4.69) is 10.4 Å². The van der Waals surface area contributed by atoms with Gasteiger partial charge in [0, 0.05) is 22.5 Å². The summed E-state index contributed by atoms with van der Waals surface area (Å²) in [7, 11) is 1.52. The Labute approximate surface area is 154 Å². The first-order chi connectivity index (χ1) is 11.9. The zero-order valence-electron chi connectivity index (χ0n) is 13.6. The second kappa shape index (κ2) is 6.86. The Morgan fingerprint density at radius 2 is 1.84 bits per heavy atom. The number of aromatic nitrogens is 2. The maximum absolute atomic E-state index is 12.7. The number of nitrogens with one attached hydrogen (secondary N) is 1. The lowest BCUT2D eigenvalue weighted by Gasteiger charge is -2.16. The van der Waals surface area contributed by atoms with Crippen molar-refractivity contribution in [2.45, 2.75) is 13.0 Å². The van der Waals surface area contributed by atoms with E-state index < -0.39 is 0 Å². The van der Waals surface area contributed by atoms with Crippen LogP contribution in [0.5, 0.6) is 0 Å². The van der Waals surface area contributed by atoms with Crippen LogP contribution in [0, 0.1) is 0 Å². The van der Waals surface area contributed by atoms with Crippen LogP contribution in [-0.2, 0) is 7.05 Å². The number of hydrogen-bond donors (Lipinski definition) is 1. The van der Waals surface area contributed by atoms with Crippen LogP contribution in [0.2, 0.25) is 10.0 Å². The van der Waals surface area contributed by atoms with Crippen LogP contribution in [-0.4, -0.2) is 15.7 Å². The molecule has 0 unspecified atom stereocenters. The third-order valence-corrected chi connectivity index (χ3v) is 4.51. The summed E-state index contributed by atoms with van der Waals surface area (Å²) in [4.78, 5) is 24.9. The number of benzene rings is 2. The normalized spacial score (nSPS) is 12.2. The Morgan fingerprint density at radius 3 is 2.52 bits per heavy atom. The van der Waals surface area contributed by atoms with Gasteiger partial charge >= 0.3 is 0 Å². The molecule has 1 heterocycles. The van der Waals surface area contributed by atoms with Crippen molar-refractivity contribution in [1.82, 2.24) is 15.1 Å². The lowest BCUT2D eigenvalue weighted by atomic mass is 10.1. The monoisotopic (exact) mass is 375 g/mol. The molecule has 0 radical (unpaired) electrons. The van der Waals surface area contributed by atoms with Crippen LogP contribution in [0.4, 0.5) is 0 Å². The highest BCUT2D eigenvalue weighted by molar-refractivity contribution is 6.35. The summed E-state index contributed by atoms with van der Waals surface area (Å²) < 4.78 is 1.16. The van der Waals surface area contributed by atoms with Gasteiger partial charge in [-0.2, -0.15) is 5.10 Å². The number of aryl methyl sites for hydroxylation is 1. The van der Waals surface area contributed by atoms with E-state index in [9.17, 15) is 9.59 Å². The minimum absolute atomic E-state index is 0.189. The number of hydrogen-bond acceptors (Lipinski definition) is 3. The molecule has 3 aromatic rings.